The Bertz CT molecular complexity index is 1110. The van der Waals surface area contributed by atoms with Crippen molar-refractivity contribution < 1.29 is 9.18 Å². The summed E-state index contributed by atoms with van der Waals surface area (Å²) in [7, 11) is 0. The molecule has 2 nitrogen and oxygen atoms in total. The van der Waals surface area contributed by atoms with Gasteiger partial charge in [0.25, 0.3) is 0 Å². The molecule has 0 spiro atoms. The Morgan fingerprint density at radius 1 is 1.16 bits per heavy atom. The van der Waals surface area contributed by atoms with E-state index in [-0.39, 0.29) is 11.6 Å². The Balaban J connectivity index is 2.14. The number of allylic oxidation sites excluding steroid dienone is 4. The minimum Gasteiger partial charge on any atom is -0.308 e. The molecule has 1 aliphatic heterocycles. The lowest BCUT2D eigenvalue weighted by Gasteiger charge is -2.27. The molecule has 2 aromatic rings. The van der Waals surface area contributed by atoms with Gasteiger partial charge in [-0.1, -0.05) is 67.9 Å². The number of benzene rings is 2. The van der Waals surface area contributed by atoms with Crippen molar-refractivity contribution in [2.45, 2.75) is 40.0 Å². The summed E-state index contributed by atoms with van der Waals surface area (Å²) in [5, 5.41) is 0.508. The zero-order valence-corrected chi connectivity index (χ0v) is 19.0. The second-order valence-electron chi connectivity index (χ2n) is 7.73. The van der Waals surface area contributed by atoms with Crippen molar-refractivity contribution >= 4 is 23.0 Å². The van der Waals surface area contributed by atoms with Crippen LogP contribution < -0.4 is 0 Å². The molecule has 0 N–H and O–H groups in total. The molecule has 0 amide bonds. The monoisotopic (exact) mass is 435 g/mol. The summed E-state index contributed by atoms with van der Waals surface area (Å²) in [6.07, 6.45) is 7.91. The number of carbonyl (C=O) groups excluding carboxylic acids is 1. The fraction of sp³-hybridized carbons (Fsp3) is 0.222. The predicted octanol–water partition coefficient (Wildman–Crippen LogP) is 7.76. The normalized spacial score (nSPS) is 14.4. The zero-order valence-electron chi connectivity index (χ0n) is 18.2. The number of nitrogens with zero attached hydrogens (tertiary/aromatic N) is 1. The average Bonchev–Trinajstić information content (AvgIpc) is 2.74. The number of aryl methyl sites for hydroxylation is 1. The maximum Gasteiger partial charge on any atom is 0.159 e. The highest BCUT2D eigenvalue weighted by molar-refractivity contribution is 6.32. The second kappa shape index (κ2) is 9.93. The molecule has 0 bridgehead atoms. The summed E-state index contributed by atoms with van der Waals surface area (Å²) in [5.41, 5.74) is 5.24. The molecular formula is C27H27ClFNO. The van der Waals surface area contributed by atoms with Gasteiger partial charge >= 0.3 is 0 Å². The van der Waals surface area contributed by atoms with Crippen LogP contribution >= 0.6 is 11.6 Å². The van der Waals surface area contributed by atoms with E-state index in [2.05, 4.69) is 13.5 Å². The third-order valence-corrected chi connectivity index (χ3v) is 5.76. The average molecular weight is 436 g/mol. The predicted molar refractivity (Wildman–Crippen MR) is 128 cm³/mol. The van der Waals surface area contributed by atoms with Crippen molar-refractivity contribution in [3.8, 4) is 11.1 Å². The highest BCUT2D eigenvalue weighted by Gasteiger charge is 2.21. The molecule has 0 saturated heterocycles. The van der Waals surface area contributed by atoms with Crippen molar-refractivity contribution in [3.05, 3.63) is 101 Å². The van der Waals surface area contributed by atoms with Crippen molar-refractivity contribution in [3.63, 3.8) is 0 Å². The summed E-state index contributed by atoms with van der Waals surface area (Å²) in [4.78, 5) is 13.5. The molecule has 0 unspecified atom stereocenters. The number of Topliss-reactive ketones (excluding diaryl/α,β-unsaturated/α-hetero) is 1. The SMILES string of the molecule is C=C1C=C(C(C)=O)C=CN1/C(Cl)=C(\CCCC)c1ccccc1-c1ccc(C)cc1F. The maximum atomic E-state index is 14.8. The summed E-state index contributed by atoms with van der Waals surface area (Å²) in [6, 6.07) is 13.0. The van der Waals surface area contributed by atoms with Crippen LogP contribution in [0.1, 0.15) is 44.2 Å². The number of carbonyl (C=O) groups is 1. The number of ketones is 1. The van der Waals surface area contributed by atoms with E-state index in [1.165, 1.54) is 6.92 Å². The summed E-state index contributed by atoms with van der Waals surface area (Å²) in [5.74, 6) is -0.279. The molecule has 0 radical (unpaired) electrons. The summed E-state index contributed by atoms with van der Waals surface area (Å²) >= 11 is 6.93. The van der Waals surface area contributed by atoms with Crippen LogP contribution in [0, 0.1) is 12.7 Å². The molecule has 1 aliphatic rings. The van der Waals surface area contributed by atoms with Crippen molar-refractivity contribution in [1.29, 1.82) is 0 Å². The van der Waals surface area contributed by atoms with Crippen molar-refractivity contribution in [2.24, 2.45) is 0 Å². The minimum absolute atomic E-state index is 0.0245. The molecule has 1 heterocycles. The van der Waals surface area contributed by atoms with Gasteiger partial charge in [0.2, 0.25) is 0 Å². The molecule has 0 fully saturated rings. The quantitative estimate of drug-likeness (QED) is 0.414. The van der Waals surface area contributed by atoms with Gasteiger partial charge in [-0.3, -0.25) is 4.79 Å². The highest BCUT2D eigenvalue weighted by atomic mass is 35.5. The van der Waals surface area contributed by atoms with Gasteiger partial charge in [-0.2, -0.15) is 0 Å². The third kappa shape index (κ3) is 5.05. The molecule has 31 heavy (non-hydrogen) atoms. The van der Waals surface area contributed by atoms with Crippen LogP contribution in [-0.4, -0.2) is 10.7 Å². The Hall–Kier alpha value is -2.91. The number of unbranched alkanes of at least 4 members (excludes halogenated alkanes) is 1. The Labute approximate surface area is 189 Å². The largest absolute Gasteiger partial charge is 0.308 e. The molecule has 3 rings (SSSR count). The molecule has 0 saturated carbocycles. The van der Waals surface area contributed by atoms with Crippen LogP contribution in [0.2, 0.25) is 0 Å². The molecule has 0 aromatic heterocycles. The van der Waals surface area contributed by atoms with Gasteiger partial charge in [0.15, 0.2) is 5.78 Å². The van der Waals surface area contributed by atoms with Gasteiger partial charge in [0.05, 0.1) is 0 Å². The van der Waals surface area contributed by atoms with E-state index in [9.17, 15) is 9.18 Å². The van der Waals surface area contributed by atoms with Crippen LogP contribution in [0.3, 0.4) is 0 Å². The first-order chi connectivity index (χ1) is 14.8. The fourth-order valence-electron chi connectivity index (χ4n) is 3.63. The second-order valence-corrected chi connectivity index (χ2v) is 8.09. The summed E-state index contributed by atoms with van der Waals surface area (Å²) < 4.78 is 14.8. The van der Waals surface area contributed by atoms with Crippen LogP contribution in [-0.2, 0) is 4.79 Å². The van der Waals surface area contributed by atoms with E-state index in [0.717, 1.165) is 41.5 Å². The van der Waals surface area contributed by atoms with Gasteiger partial charge < -0.3 is 4.90 Å². The molecule has 160 valence electrons. The molecule has 2 aromatic carbocycles. The van der Waals surface area contributed by atoms with Crippen LogP contribution in [0.15, 0.2) is 83.8 Å². The zero-order chi connectivity index (χ0) is 22.5. The molecular weight excluding hydrogens is 409 g/mol. The van der Waals surface area contributed by atoms with Gasteiger partial charge in [-0.25, -0.2) is 4.39 Å². The number of rotatable bonds is 7. The highest BCUT2D eigenvalue weighted by Crippen LogP contribution is 2.38. The number of hydrogen-bond acceptors (Lipinski definition) is 2. The summed E-state index contributed by atoms with van der Waals surface area (Å²) in [6.45, 7) is 9.60. The third-order valence-electron chi connectivity index (χ3n) is 5.35. The molecule has 0 aliphatic carbocycles. The standard InChI is InChI=1S/C27H27ClFNO/c1-5-6-9-25(27(28)30-15-14-21(20(4)31)17-19(30)3)23-11-8-7-10-22(23)24-13-12-18(2)16-26(24)29/h7-8,10-17H,3,5-6,9H2,1-2,4H3/b27-25+. The van der Waals surface area contributed by atoms with Crippen LogP contribution in [0.5, 0.6) is 0 Å². The van der Waals surface area contributed by atoms with Crippen LogP contribution in [0.4, 0.5) is 4.39 Å². The van der Waals surface area contributed by atoms with Crippen molar-refractivity contribution in [2.75, 3.05) is 0 Å². The van der Waals surface area contributed by atoms with E-state index in [1.54, 1.807) is 29.3 Å². The lowest BCUT2D eigenvalue weighted by atomic mass is 9.91. The molecule has 4 heteroatoms. The van der Waals surface area contributed by atoms with E-state index in [4.69, 9.17) is 11.6 Å². The number of hydrogen-bond donors (Lipinski definition) is 0. The Kier molecular flexibility index (Phi) is 7.29. The first-order valence-electron chi connectivity index (χ1n) is 10.5. The smallest absolute Gasteiger partial charge is 0.159 e. The Morgan fingerprint density at radius 2 is 1.90 bits per heavy atom. The molecule has 0 atom stereocenters. The Morgan fingerprint density at radius 3 is 2.55 bits per heavy atom. The lowest BCUT2D eigenvalue weighted by molar-refractivity contribution is -0.113. The van der Waals surface area contributed by atoms with E-state index in [0.29, 0.717) is 22.0 Å². The first kappa shape index (κ1) is 22.8. The maximum absolute atomic E-state index is 14.8. The lowest BCUT2D eigenvalue weighted by Crippen LogP contribution is -2.17. The van der Waals surface area contributed by atoms with Gasteiger partial charge in [-0.05, 0) is 67.2 Å². The minimum atomic E-state index is -0.255. The van der Waals surface area contributed by atoms with Crippen LogP contribution in [0.25, 0.3) is 16.7 Å². The van der Waals surface area contributed by atoms with E-state index in [1.807, 2.05) is 43.3 Å². The first-order valence-corrected chi connectivity index (χ1v) is 10.8. The fourth-order valence-corrected chi connectivity index (χ4v) is 3.99. The van der Waals surface area contributed by atoms with Crippen molar-refractivity contribution in [1.82, 2.24) is 4.90 Å². The van der Waals surface area contributed by atoms with Gasteiger partial charge in [0, 0.05) is 23.0 Å². The van der Waals surface area contributed by atoms with E-state index >= 15 is 0 Å². The van der Waals surface area contributed by atoms with E-state index < -0.39 is 0 Å². The number of halogens is 2. The van der Waals surface area contributed by atoms with Gasteiger partial charge in [-0.15, -0.1) is 0 Å². The van der Waals surface area contributed by atoms with Gasteiger partial charge in [0.1, 0.15) is 11.0 Å². The topological polar surface area (TPSA) is 20.3 Å².